The van der Waals surface area contributed by atoms with E-state index < -0.39 is 0 Å². The summed E-state index contributed by atoms with van der Waals surface area (Å²) < 4.78 is 0. The first-order valence-corrected chi connectivity index (χ1v) is 8.32. The Bertz CT molecular complexity index is 651. The summed E-state index contributed by atoms with van der Waals surface area (Å²) in [6, 6.07) is 18.8. The summed E-state index contributed by atoms with van der Waals surface area (Å²) in [7, 11) is 0. The number of anilines is 2. The first kappa shape index (κ1) is 14.8. The lowest BCUT2D eigenvalue weighted by Crippen LogP contribution is -2.25. The van der Waals surface area contributed by atoms with Crippen molar-refractivity contribution in [1.29, 1.82) is 5.26 Å². The third-order valence-corrected chi connectivity index (χ3v) is 4.20. The topological polar surface area (TPSA) is 30.3 Å². The highest BCUT2D eigenvalue weighted by molar-refractivity contribution is 8.03. The van der Waals surface area contributed by atoms with E-state index in [2.05, 4.69) is 70.4 Å². The third kappa shape index (κ3) is 3.37. The quantitative estimate of drug-likeness (QED) is 0.593. The molecule has 0 bridgehead atoms. The molecule has 0 saturated carbocycles. The Hall–Kier alpha value is -2.12. The second-order valence-corrected chi connectivity index (χ2v) is 5.98. The van der Waals surface area contributed by atoms with Gasteiger partial charge in [0.05, 0.1) is 11.4 Å². The minimum absolute atomic E-state index is 0.821. The van der Waals surface area contributed by atoms with Crippen molar-refractivity contribution >= 4 is 23.1 Å². The van der Waals surface area contributed by atoms with Gasteiger partial charge in [-0.15, -0.1) is 0 Å². The molecule has 3 nitrogen and oxygen atoms in total. The molecule has 1 heterocycles. The van der Waals surface area contributed by atoms with Crippen LogP contribution in [0.15, 0.2) is 54.6 Å². The maximum absolute atomic E-state index is 8.60. The van der Waals surface area contributed by atoms with Gasteiger partial charge in [0, 0.05) is 18.8 Å². The second kappa shape index (κ2) is 7.24. The molecule has 0 fully saturated rings. The van der Waals surface area contributed by atoms with Crippen LogP contribution < -0.4 is 9.80 Å². The zero-order valence-corrected chi connectivity index (χ0v) is 13.1. The Morgan fingerprint density at radius 1 is 0.955 bits per heavy atom. The Labute approximate surface area is 136 Å². The molecule has 4 heteroatoms. The number of hydrogen-bond donors (Lipinski definition) is 0. The van der Waals surface area contributed by atoms with Crippen LogP contribution >= 0.6 is 11.8 Å². The van der Waals surface area contributed by atoms with E-state index >= 15 is 0 Å². The lowest BCUT2D eigenvalue weighted by atomic mass is 10.2. The van der Waals surface area contributed by atoms with E-state index in [-0.39, 0.29) is 0 Å². The van der Waals surface area contributed by atoms with Crippen LogP contribution in [-0.4, -0.2) is 12.3 Å². The van der Waals surface area contributed by atoms with Crippen molar-refractivity contribution < 1.29 is 0 Å². The van der Waals surface area contributed by atoms with E-state index in [0.717, 1.165) is 25.3 Å². The third-order valence-electron chi connectivity index (χ3n) is 3.58. The molecule has 1 aliphatic heterocycles. The molecule has 1 aliphatic rings. The van der Waals surface area contributed by atoms with Gasteiger partial charge >= 0.3 is 0 Å². The standard InChI is InChI=1S/C18H17N3S/c19-14-22-12-6-11-20-15-21(13-16-7-2-1-3-8-16)18-10-5-4-9-17(18)20/h1-5,7-10H,6,11-13H2. The van der Waals surface area contributed by atoms with Crippen LogP contribution in [-0.2, 0) is 6.54 Å². The molecular weight excluding hydrogens is 290 g/mol. The van der Waals surface area contributed by atoms with Crippen LogP contribution in [0, 0.1) is 17.3 Å². The fraction of sp³-hybridized carbons (Fsp3) is 0.222. The molecule has 0 unspecified atom stereocenters. The Morgan fingerprint density at radius 2 is 1.64 bits per heavy atom. The Kier molecular flexibility index (Phi) is 4.87. The van der Waals surface area contributed by atoms with Gasteiger partial charge in [-0.05, 0) is 35.9 Å². The van der Waals surface area contributed by atoms with Crippen LogP contribution in [0.4, 0.5) is 11.4 Å². The second-order valence-electron chi connectivity index (χ2n) is 5.11. The molecule has 2 aromatic rings. The molecule has 0 saturated heterocycles. The van der Waals surface area contributed by atoms with E-state index in [1.165, 1.54) is 28.7 Å². The van der Waals surface area contributed by atoms with Crippen molar-refractivity contribution in [2.75, 3.05) is 22.1 Å². The fourth-order valence-electron chi connectivity index (χ4n) is 2.57. The summed E-state index contributed by atoms with van der Waals surface area (Å²) in [5.41, 5.74) is 3.66. The number of benzene rings is 2. The molecule has 0 N–H and O–H groups in total. The minimum Gasteiger partial charge on any atom is -0.340 e. The van der Waals surface area contributed by atoms with E-state index in [0.29, 0.717) is 0 Å². The molecule has 22 heavy (non-hydrogen) atoms. The van der Waals surface area contributed by atoms with Crippen LogP contribution in [0.5, 0.6) is 0 Å². The molecule has 0 spiro atoms. The molecule has 0 aliphatic carbocycles. The number of fused-ring (bicyclic) bond motifs is 1. The predicted molar refractivity (Wildman–Crippen MR) is 92.3 cm³/mol. The van der Waals surface area contributed by atoms with E-state index in [1.54, 1.807) is 0 Å². The average Bonchev–Trinajstić information content (AvgIpc) is 2.91. The van der Waals surface area contributed by atoms with Gasteiger partial charge in [-0.2, -0.15) is 5.26 Å². The van der Waals surface area contributed by atoms with Crippen molar-refractivity contribution in [2.24, 2.45) is 0 Å². The number of para-hydroxylation sites is 2. The van der Waals surface area contributed by atoms with Gasteiger partial charge in [0.15, 0.2) is 0 Å². The summed E-state index contributed by atoms with van der Waals surface area (Å²) >= 11 is 1.31. The van der Waals surface area contributed by atoms with Crippen molar-refractivity contribution in [3.8, 4) is 5.40 Å². The molecular formula is C18H17N3S. The highest BCUT2D eigenvalue weighted by Crippen LogP contribution is 2.38. The number of nitrogens with zero attached hydrogens (tertiary/aromatic N) is 3. The molecule has 0 aromatic heterocycles. The largest absolute Gasteiger partial charge is 0.340 e. The summed E-state index contributed by atoms with van der Waals surface area (Å²) in [5.74, 6) is 0.857. The number of nitriles is 1. The maximum Gasteiger partial charge on any atom is 0.209 e. The average molecular weight is 307 g/mol. The van der Waals surface area contributed by atoms with Crippen molar-refractivity contribution in [3.63, 3.8) is 0 Å². The Balaban J connectivity index is 1.70. The summed E-state index contributed by atoms with van der Waals surface area (Å²) in [6.45, 7) is 5.16. The zero-order valence-electron chi connectivity index (χ0n) is 12.3. The lowest BCUT2D eigenvalue weighted by molar-refractivity contribution is 0.822. The van der Waals surface area contributed by atoms with Gasteiger partial charge in [-0.3, -0.25) is 0 Å². The SMILES string of the molecule is N#CSCCCN1[C]N(Cc2ccccc2)c2ccccc21. The van der Waals surface area contributed by atoms with Gasteiger partial charge in [-0.25, -0.2) is 0 Å². The lowest BCUT2D eigenvalue weighted by Gasteiger charge is -2.19. The van der Waals surface area contributed by atoms with Crippen LogP contribution in [0.25, 0.3) is 0 Å². The van der Waals surface area contributed by atoms with Gasteiger partial charge in [0.1, 0.15) is 5.40 Å². The molecule has 2 aromatic carbocycles. The van der Waals surface area contributed by atoms with Crippen molar-refractivity contribution in [1.82, 2.24) is 0 Å². The van der Waals surface area contributed by atoms with Crippen molar-refractivity contribution in [3.05, 3.63) is 66.8 Å². The number of thioether (sulfide) groups is 1. The monoisotopic (exact) mass is 307 g/mol. The number of hydrogen-bond acceptors (Lipinski definition) is 4. The summed E-state index contributed by atoms with van der Waals surface area (Å²) in [6.07, 6.45) is 0.971. The zero-order chi connectivity index (χ0) is 15.2. The first-order chi connectivity index (χ1) is 10.9. The highest BCUT2D eigenvalue weighted by Gasteiger charge is 2.26. The molecule has 0 atom stereocenters. The molecule has 3 rings (SSSR count). The first-order valence-electron chi connectivity index (χ1n) is 7.33. The van der Waals surface area contributed by atoms with Crippen LogP contribution in [0.3, 0.4) is 0 Å². The van der Waals surface area contributed by atoms with Crippen LogP contribution in [0.1, 0.15) is 12.0 Å². The maximum atomic E-state index is 8.60. The van der Waals surface area contributed by atoms with E-state index in [4.69, 9.17) is 5.26 Å². The fourth-order valence-corrected chi connectivity index (χ4v) is 2.94. The van der Waals surface area contributed by atoms with E-state index in [9.17, 15) is 0 Å². The van der Waals surface area contributed by atoms with Gasteiger partial charge in [0.2, 0.25) is 6.67 Å². The van der Waals surface area contributed by atoms with Gasteiger partial charge < -0.3 is 9.80 Å². The predicted octanol–water partition coefficient (Wildman–Crippen LogP) is 4.11. The summed E-state index contributed by atoms with van der Waals surface area (Å²) in [5, 5.41) is 10.7. The number of thiocyanates is 1. The van der Waals surface area contributed by atoms with Crippen molar-refractivity contribution in [2.45, 2.75) is 13.0 Å². The minimum atomic E-state index is 0.821. The van der Waals surface area contributed by atoms with Gasteiger partial charge in [0.25, 0.3) is 0 Å². The van der Waals surface area contributed by atoms with Gasteiger partial charge in [-0.1, -0.05) is 42.5 Å². The van der Waals surface area contributed by atoms with Crippen LogP contribution in [0.2, 0.25) is 0 Å². The molecule has 110 valence electrons. The molecule has 0 amide bonds. The number of rotatable bonds is 6. The summed E-state index contributed by atoms with van der Waals surface area (Å²) in [4.78, 5) is 4.33. The molecule has 2 radical (unpaired) electrons. The highest BCUT2D eigenvalue weighted by atomic mass is 32.2. The normalized spacial score (nSPS) is 13.0. The smallest absolute Gasteiger partial charge is 0.209 e. The Morgan fingerprint density at radius 3 is 2.36 bits per heavy atom. The van der Waals surface area contributed by atoms with E-state index in [1.807, 2.05) is 6.07 Å².